The van der Waals surface area contributed by atoms with Gasteiger partial charge < -0.3 is 4.90 Å². The van der Waals surface area contributed by atoms with Crippen LogP contribution in [0.5, 0.6) is 0 Å². The summed E-state index contributed by atoms with van der Waals surface area (Å²) >= 11 is 3.49. The molecule has 0 spiro atoms. The number of carbonyl (C=O) groups is 1. The van der Waals surface area contributed by atoms with Gasteiger partial charge in [-0.15, -0.1) is 0 Å². The summed E-state index contributed by atoms with van der Waals surface area (Å²) < 4.78 is 1.03. The number of aromatic nitrogens is 1. The third-order valence-electron chi connectivity index (χ3n) is 4.80. The van der Waals surface area contributed by atoms with Crippen LogP contribution in [0.3, 0.4) is 0 Å². The van der Waals surface area contributed by atoms with E-state index in [0.717, 1.165) is 46.4 Å². The largest absolute Gasteiger partial charge is 0.336 e. The standard InChI is InChI=1S/C20H23BrN2O/c1-3-23(17-9-4-5-10-17)20(24)18-11-12-19(22-14(18)2)15-7-6-8-16(21)13-15/h6-8,11-13,17H,3-5,9-10H2,1-2H3. The van der Waals surface area contributed by atoms with Gasteiger partial charge in [-0.3, -0.25) is 9.78 Å². The molecule has 24 heavy (non-hydrogen) atoms. The molecule has 4 heteroatoms. The van der Waals surface area contributed by atoms with E-state index in [0.29, 0.717) is 6.04 Å². The first-order valence-corrected chi connectivity index (χ1v) is 9.44. The van der Waals surface area contributed by atoms with Gasteiger partial charge in [0.2, 0.25) is 0 Å². The minimum Gasteiger partial charge on any atom is -0.336 e. The molecule has 1 aliphatic rings. The van der Waals surface area contributed by atoms with E-state index < -0.39 is 0 Å². The molecule has 0 unspecified atom stereocenters. The highest BCUT2D eigenvalue weighted by atomic mass is 79.9. The SMILES string of the molecule is CCN(C(=O)c1ccc(-c2cccc(Br)c2)nc1C)C1CCCC1. The van der Waals surface area contributed by atoms with Crippen molar-refractivity contribution >= 4 is 21.8 Å². The lowest BCUT2D eigenvalue weighted by Gasteiger charge is -2.28. The summed E-state index contributed by atoms with van der Waals surface area (Å²) in [7, 11) is 0. The lowest BCUT2D eigenvalue weighted by molar-refractivity contribution is 0.0692. The average molecular weight is 387 g/mol. The molecule has 1 aromatic carbocycles. The Labute approximate surface area is 152 Å². The van der Waals surface area contributed by atoms with E-state index in [2.05, 4.69) is 27.8 Å². The summed E-state index contributed by atoms with van der Waals surface area (Å²) in [6.45, 7) is 4.75. The summed E-state index contributed by atoms with van der Waals surface area (Å²) in [4.78, 5) is 19.7. The quantitative estimate of drug-likeness (QED) is 0.720. The van der Waals surface area contributed by atoms with Gasteiger partial charge in [0.15, 0.2) is 0 Å². The van der Waals surface area contributed by atoms with Gasteiger partial charge in [0.1, 0.15) is 0 Å². The monoisotopic (exact) mass is 386 g/mol. The van der Waals surface area contributed by atoms with Crippen molar-refractivity contribution in [1.82, 2.24) is 9.88 Å². The molecule has 1 aliphatic carbocycles. The van der Waals surface area contributed by atoms with Crippen molar-refractivity contribution in [3.63, 3.8) is 0 Å². The van der Waals surface area contributed by atoms with Crippen molar-refractivity contribution in [2.45, 2.75) is 45.6 Å². The first kappa shape index (κ1) is 17.2. The second kappa shape index (κ2) is 7.47. The van der Waals surface area contributed by atoms with Crippen LogP contribution in [-0.4, -0.2) is 28.4 Å². The van der Waals surface area contributed by atoms with Crippen LogP contribution < -0.4 is 0 Å². The first-order valence-electron chi connectivity index (χ1n) is 8.64. The molecule has 0 atom stereocenters. The highest BCUT2D eigenvalue weighted by Crippen LogP contribution is 2.26. The first-order chi connectivity index (χ1) is 11.6. The average Bonchev–Trinajstić information content (AvgIpc) is 3.09. The minimum absolute atomic E-state index is 0.121. The van der Waals surface area contributed by atoms with Gasteiger partial charge in [0.05, 0.1) is 17.0 Å². The van der Waals surface area contributed by atoms with Gasteiger partial charge in [-0.25, -0.2) is 0 Å². The third-order valence-corrected chi connectivity index (χ3v) is 5.30. The Balaban J connectivity index is 1.87. The lowest BCUT2D eigenvalue weighted by Crippen LogP contribution is -2.39. The molecule has 1 saturated carbocycles. The minimum atomic E-state index is 0.121. The molecule has 1 aromatic heterocycles. The van der Waals surface area contributed by atoms with Crippen LogP contribution >= 0.6 is 15.9 Å². The van der Waals surface area contributed by atoms with Crippen molar-refractivity contribution in [2.24, 2.45) is 0 Å². The molecule has 0 N–H and O–H groups in total. The van der Waals surface area contributed by atoms with Gasteiger partial charge in [-0.1, -0.05) is 40.9 Å². The maximum absolute atomic E-state index is 13.0. The number of halogens is 1. The predicted octanol–water partition coefficient (Wildman–Crippen LogP) is 5.22. The fraction of sp³-hybridized carbons (Fsp3) is 0.400. The highest BCUT2D eigenvalue weighted by Gasteiger charge is 2.27. The molecule has 3 rings (SSSR count). The Bertz CT molecular complexity index is 738. The van der Waals surface area contributed by atoms with Gasteiger partial charge in [0.25, 0.3) is 5.91 Å². The molecule has 1 fully saturated rings. The summed E-state index contributed by atoms with van der Waals surface area (Å²) in [5.41, 5.74) is 3.47. The molecule has 0 bridgehead atoms. The van der Waals surface area contributed by atoms with Crippen molar-refractivity contribution in [2.75, 3.05) is 6.54 Å². The summed E-state index contributed by atoms with van der Waals surface area (Å²) in [6, 6.07) is 12.3. The Kier molecular flexibility index (Phi) is 5.34. The van der Waals surface area contributed by atoms with E-state index in [1.807, 2.05) is 48.2 Å². The molecule has 126 valence electrons. The van der Waals surface area contributed by atoms with E-state index in [4.69, 9.17) is 0 Å². The van der Waals surface area contributed by atoms with Crippen molar-refractivity contribution in [3.8, 4) is 11.3 Å². The number of pyridine rings is 1. The van der Waals surface area contributed by atoms with Crippen molar-refractivity contribution in [3.05, 3.63) is 52.1 Å². The number of aryl methyl sites for hydroxylation is 1. The Hall–Kier alpha value is -1.68. The number of benzene rings is 1. The fourth-order valence-corrected chi connectivity index (χ4v) is 3.93. The highest BCUT2D eigenvalue weighted by molar-refractivity contribution is 9.10. The zero-order valence-corrected chi connectivity index (χ0v) is 15.8. The van der Waals surface area contributed by atoms with Gasteiger partial charge in [-0.2, -0.15) is 0 Å². The predicted molar refractivity (Wildman–Crippen MR) is 101 cm³/mol. The molecular formula is C20H23BrN2O. The summed E-state index contributed by atoms with van der Waals surface area (Å²) in [5.74, 6) is 0.121. The molecule has 2 aromatic rings. The number of carbonyl (C=O) groups excluding carboxylic acids is 1. The second-order valence-electron chi connectivity index (χ2n) is 6.37. The van der Waals surface area contributed by atoms with Crippen LogP contribution in [0.15, 0.2) is 40.9 Å². The molecule has 0 radical (unpaired) electrons. The zero-order valence-electron chi connectivity index (χ0n) is 14.3. The Morgan fingerprint density at radius 3 is 2.62 bits per heavy atom. The normalized spacial score (nSPS) is 14.8. The second-order valence-corrected chi connectivity index (χ2v) is 7.28. The Morgan fingerprint density at radius 2 is 2.00 bits per heavy atom. The molecule has 1 amide bonds. The van der Waals surface area contributed by atoms with Crippen LogP contribution in [-0.2, 0) is 0 Å². The van der Waals surface area contributed by atoms with Crippen LogP contribution in [0.4, 0.5) is 0 Å². The molecule has 3 nitrogen and oxygen atoms in total. The van der Waals surface area contributed by atoms with E-state index in [1.54, 1.807) is 0 Å². The van der Waals surface area contributed by atoms with E-state index in [1.165, 1.54) is 12.8 Å². The van der Waals surface area contributed by atoms with E-state index >= 15 is 0 Å². The summed E-state index contributed by atoms with van der Waals surface area (Å²) in [5, 5.41) is 0. The zero-order chi connectivity index (χ0) is 17.1. The molecule has 0 saturated heterocycles. The van der Waals surface area contributed by atoms with Crippen LogP contribution in [0.1, 0.15) is 48.7 Å². The topological polar surface area (TPSA) is 33.2 Å². The molecular weight excluding hydrogens is 364 g/mol. The number of nitrogens with zero attached hydrogens (tertiary/aromatic N) is 2. The third kappa shape index (κ3) is 3.54. The number of amides is 1. The molecule has 0 aliphatic heterocycles. The van der Waals surface area contributed by atoms with Crippen molar-refractivity contribution in [1.29, 1.82) is 0 Å². The maximum atomic E-state index is 13.0. The van der Waals surface area contributed by atoms with Gasteiger partial charge in [-0.05, 0) is 51.0 Å². The van der Waals surface area contributed by atoms with Crippen LogP contribution in [0, 0.1) is 6.92 Å². The smallest absolute Gasteiger partial charge is 0.255 e. The van der Waals surface area contributed by atoms with Gasteiger partial charge in [0, 0.05) is 22.6 Å². The summed E-state index contributed by atoms with van der Waals surface area (Å²) in [6.07, 6.45) is 4.71. The van der Waals surface area contributed by atoms with Crippen molar-refractivity contribution < 1.29 is 4.79 Å². The Morgan fingerprint density at radius 1 is 1.25 bits per heavy atom. The van der Waals surface area contributed by atoms with E-state index in [-0.39, 0.29) is 5.91 Å². The molecule has 1 heterocycles. The number of hydrogen-bond acceptors (Lipinski definition) is 2. The number of hydrogen-bond donors (Lipinski definition) is 0. The van der Waals surface area contributed by atoms with Crippen LogP contribution in [0.2, 0.25) is 0 Å². The van der Waals surface area contributed by atoms with Gasteiger partial charge >= 0.3 is 0 Å². The van der Waals surface area contributed by atoms with Crippen LogP contribution in [0.25, 0.3) is 11.3 Å². The van der Waals surface area contributed by atoms with E-state index in [9.17, 15) is 4.79 Å². The maximum Gasteiger partial charge on any atom is 0.255 e. The lowest BCUT2D eigenvalue weighted by atomic mass is 10.1. The fourth-order valence-electron chi connectivity index (χ4n) is 3.53. The number of rotatable bonds is 4.